The molecule has 1 aliphatic carbocycles. The number of hydrogen-bond acceptors (Lipinski definition) is 8. The molecule has 1 aromatic carbocycles. The molecule has 1 saturated carbocycles. The number of nitrogens with zero attached hydrogens (tertiary/aromatic N) is 8. The normalized spacial score (nSPS) is 17.0. The molecule has 3 heterocycles. The third kappa shape index (κ3) is 5.83. The number of benzene rings is 1. The average molecular weight is 513 g/mol. The quantitative estimate of drug-likeness (QED) is 0.487. The van der Waals surface area contributed by atoms with Gasteiger partial charge in [-0.1, -0.05) is 31.4 Å². The summed E-state index contributed by atoms with van der Waals surface area (Å²) in [5, 5.41) is 13.3. The molecule has 1 aliphatic heterocycles. The Balaban J connectivity index is 1.42. The molecule has 0 unspecified atom stereocenters. The maximum absolute atomic E-state index is 12.9. The van der Waals surface area contributed by atoms with E-state index in [1.54, 1.807) is 12.1 Å². The van der Waals surface area contributed by atoms with Gasteiger partial charge >= 0.3 is 6.18 Å². The predicted molar refractivity (Wildman–Crippen MR) is 129 cm³/mol. The van der Waals surface area contributed by atoms with Crippen molar-refractivity contribution >= 4 is 11.9 Å². The molecule has 12 heteroatoms. The van der Waals surface area contributed by atoms with Gasteiger partial charge in [0.1, 0.15) is 6.07 Å². The van der Waals surface area contributed by atoms with Crippen LogP contribution in [0.2, 0.25) is 0 Å². The first-order valence-electron chi connectivity index (χ1n) is 12.4. The molecule has 2 fully saturated rings. The van der Waals surface area contributed by atoms with E-state index >= 15 is 0 Å². The van der Waals surface area contributed by atoms with Gasteiger partial charge in [-0.15, -0.1) is 0 Å². The van der Waals surface area contributed by atoms with Crippen molar-refractivity contribution in [3.05, 3.63) is 53.6 Å². The Bertz CT molecular complexity index is 1240. The van der Waals surface area contributed by atoms with Gasteiger partial charge in [0.25, 0.3) is 0 Å². The minimum atomic E-state index is -4.49. The third-order valence-corrected chi connectivity index (χ3v) is 6.71. The summed E-state index contributed by atoms with van der Waals surface area (Å²) in [6.45, 7) is 2.92. The third-order valence-electron chi connectivity index (χ3n) is 6.71. The van der Waals surface area contributed by atoms with Crippen LogP contribution in [0.1, 0.15) is 49.2 Å². The highest BCUT2D eigenvalue weighted by Gasteiger charge is 2.33. The van der Waals surface area contributed by atoms with Crippen LogP contribution < -0.4 is 9.80 Å². The van der Waals surface area contributed by atoms with Crippen molar-refractivity contribution in [1.82, 2.24) is 24.7 Å². The number of nitriles is 1. The Kier molecular flexibility index (Phi) is 7.23. The van der Waals surface area contributed by atoms with Crippen molar-refractivity contribution in [3.8, 4) is 11.8 Å². The second kappa shape index (κ2) is 10.7. The lowest BCUT2D eigenvalue weighted by Gasteiger charge is -2.35. The summed E-state index contributed by atoms with van der Waals surface area (Å²) in [6, 6.07) is 10.5. The first kappa shape index (κ1) is 25.0. The fourth-order valence-electron chi connectivity index (χ4n) is 4.76. The van der Waals surface area contributed by atoms with E-state index in [2.05, 4.69) is 26.0 Å². The van der Waals surface area contributed by atoms with Crippen LogP contribution in [0, 0.1) is 11.3 Å². The number of halogens is 3. The van der Waals surface area contributed by atoms with E-state index in [4.69, 9.17) is 9.72 Å². The summed E-state index contributed by atoms with van der Waals surface area (Å²) in [7, 11) is 0. The lowest BCUT2D eigenvalue weighted by molar-refractivity contribution is -0.141. The number of morpholine rings is 1. The highest BCUT2D eigenvalue weighted by Crippen LogP contribution is 2.30. The van der Waals surface area contributed by atoms with Crippen molar-refractivity contribution in [2.45, 2.75) is 50.9 Å². The predicted octanol–water partition coefficient (Wildman–Crippen LogP) is 4.12. The fourth-order valence-corrected chi connectivity index (χ4v) is 4.76. The molecule has 2 aliphatic rings. The summed E-state index contributed by atoms with van der Waals surface area (Å²) in [4.78, 5) is 17.7. The molecule has 2 aromatic heterocycles. The molecule has 3 aromatic rings. The SMILES string of the molecule is N#Cc1nc(N2CCOCC2)nc(N(Cc2ccc(-n3ccc(C(F)(F)F)n3)cc2)C2CCCCC2)n1. The Morgan fingerprint density at radius 1 is 1.00 bits per heavy atom. The highest BCUT2D eigenvalue weighted by atomic mass is 19.4. The molecule has 0 bridgehead atoms. The monoisotopic (exact) mass is 512 g/mol. The van der Waals surface area contributed by atoms with Crippen LogP contribution in [-0.2, 0) is 17.5 Å². The topological polar surface area (TPSA) is 96.0 Å². The van der Waals surface area contributed by atoms with E-state index < -0.39 is 11.9 Å². The molecule has 0 spiro atoms. The Hall–Kier alpha value is -3.72. The highest BCUT2D eigenvalue weighted by molar-refractivity contribution is 5.44. The second-order valence-electron chi connectivity index (χ2n) is 9.20. The molecule has 1 saturated heterocycles. The van der Waals surface area contributed by atoms with Gasteiger partial charge in [-0.2, -0.15) is 38.5 Å². The maximum Gasteiger partial charge on any atom is 0.435 e. The van der Waals surface area contributed by atoms with E-state index in [0.29, 0.717) is 50.4 Å². The van der Waals surface area contributed by atoms with Gasteiger partial charge in [0, 0.05) is 31.9 Å². The van der Waals surface area contributed by atoms with E-state index in [1.165, 1.54) is 17.3 Å². The largest absolute Gasteiger partial charge is 0.435 e. The van der Waals surface area contributed by atoms with Crippen LogP contribution in [0.3, 0.4) is 0 Å². The number of aromatic nitrogens is 5. The summed E-state index contributed by atoms with van der Waals surface area (Å²) in [5.74, 6) is 1.01. The second-order valence-corrected chi connectivity index (χ2v) is 9.20. The minimum absolute atomic E-state index is 0.0711. The van der Waals surface area contributed by atoms with Crippen molar-refractivity contribution in [2.75, 3.05) is 36.1 Å². The average Bonchev–Trinajstić information content (AvgIpc) is 3.44. The summed E-state index contributed by atoms with van der Waals surface area (Å²) in [5.41, 5.74) is 0.550. The van der Waals surface area contributed by atoms with Gasteiger partial charge in [0.05, 0.1) is 18.9 Å². The van der Waals surface area contributed by atoms with Gasteiger partial charge in [-0.25, -0.2) is 4.68 Å². The minimum Gasteiger partial charge on any atom is -0.378 e. The number of rotatable bonds is 6. The lowest BCUT2D eigenvalue weighted by atomic mass is 9.94. The molecular weight excluding hydrogens is 485 g/mol. The molecule has 0 amide bonds. The molecule has 5 rings (SSSR count). The van der Waals surface area contributed by atoms with E-state index in [0.717, 1.165) is 37.3 Å². The van der Waals surface area contributed by atoms with Crippen LogP contribution in [0.4, 0.5) is 25.1 Å². The standard InChI is InChI=1S/C25H27F3N8O/c26-25(27,28)21-10-11-36(33-21)20-8-6-18(7-9-20)17-35(19-4-2-1-3-5-19)24-31-22(16-29)30-23(32-24)34-12-14-37-15-13-34/h6-11,19H,1-5,12-15,17H2. The Morgan fingerprint density at radius 2 is 1.73 bits per heavy atom. The smallest absolute Gasteiger partial charge is 0.378 e. The number of hydrogen-bond donors (Lipinski definition) is 0. The molecule has 0 radical (unpaired) electrons. The molecule has 194 valence electrons. The van der Waals surface area contributed by atoms with Crippen LogP contribution in [-0.4, -0.2) is 57.1 Å². The summed E-state index contributed by atoms with van der Waals surface area (Å²) < 4.78 is 45.5. The summed E-state index contributed by atoms with van der Waals surface area (Å²) >= 11 is 0. The Morgan fingerprint density at radius 3 is 2.38 bits per heavy atom. The van der Waals surface area contributed by atoms with Crippen molar-refractivity contribution < 1.29 is 17.9 Å². The molecular formula is C25H27F3N8O. The lowest BCUT2D eigenvalue weighted by Crippen LogP contribution is -2.40. The van der Waals surface area contributed by atoms with Gasteiger partial charge in [0.15, 0.2) is 5.69 Å². The van der Waals surface area contributed by atoms with Crippen LogP contribution in [0.5, 0.6) is 0 Å². The maximum atomic E-state index is 12.9. The number of anilines is 2. The van der Waals surface area contributed by atoms with Gasteiger partial charge < -0.3 is 14.5 Å². The number of alkyl halides is 3. The zero-order chi connectivity index (χ0) is 25.8. The van der Waals surface area contributed by atoms with Gasteiger partial charge in [-0.3, -0.25) is 0 Å². The van der Waals surface area contributed by atoms with Gasteiger partial charge in [0.2, 0.25) is 17.7 Å². The van der Waals surface area contributed by atoms with Crippen LogP contribution in [0.15, 0.2) is 36.5 Å². The van der Waals surface area contributed by atoms with Crippen LogP contribution in [0.25, 0.3) is 5.69 Å². The van der Waals surface area contributed by atoms with Gasteiger partial charge in [-0.05, 0) is 36.6 Å². The molecule has 0 atom stereocenters. The van der Waals surface area contributed by atoms with Crippen molar-refractivity contribution in [3.63, 3.8) is 0 Å². The van der Waals surface area contributed by atoms with E-state index in [9.17, 15) is 18.4 Å². The Labute approximate surface area is 212 Å². The zero-order valence-corrected chi connectivity index (χ0v) is 20.2. The number of ether oxygens (including phenoxy) is 1. The van der Waals surface area contributed by atoms with Crippen LogP contribution >= 0.6 is 0 Å². The molecule has 0 N–H and O–H groups in total. The molecule has 9 nitrogen and oxygen atoms in total. The first-order chi connectivity index (χ1) is 17.9. The molecule has 37 heavy (non-hydrogen) atoms. The first-order valence-corrected chi connectivity index (χ1v) is 12.4. The van der Waals surface area contributed by atoms with Crippen molar-refractivity contribution in [2.24, 2.45) is 0 Å². The van der Waals surface area contributed by atoms with E-state index in [-0.39, 0.29) is 11.9 Å². The summed E-state index contributed by atoms with van der Waals surface area (Å²) in [6.07, 6.45) is 2.19. The van der Waals surface area contributed by atoms with Crippen molar-refractivity contribution in [1.29, 1.82) is 5.26 Å². The van der Waals surface area contributed by atoms with E-state index in [1.807, 2.05) is 17.0 Å². The zero-order valence-electron chi connectivity index (χ0n) is 20.2. The fraction of sp³-hybridized carbons (Fsp3) is 0.480.